The summed E-state index contributed by atoms with van der Waals surface area (Å²) in [5.41, 5.74) is 0.187. The van der Waals surface area contributed by atoms with Crippen LogP contribution in [-0.2, 0) is 4.74 Å². The SMILES string of the molecule is C=CCOCC(O)COc1c2ccccc2cc2ccc(C(=O)O)cc12. The number of carbonyl (C=O) groups is 1. The molecule has 26 heavy (non-hydrogen) atoms. The molecule has 1 unspecified atom stereocenters. The van der Waals surface area contributed by atoms with Gasteiger partial charge in [0.25, 0.3) is 0 Å². The van der Waals surface area contributed by atoms with Crippen LogP contribution in [0.25, 0.3) is 21.5 Å². The van der Waals surface area contributed by atoms with Crippen molar-refractivity contribution in [2.24, 2.45) is 0 Å². The van der Waals surface area contributed by atoms with Gasteiger partial charge in [-0.1, -0.05) is 36.4 Å². The molecular formula is C21H20O5. The van der Waals surface area contributed by atoms with Crippen molar-refractivity contribution in [3.63, 3.8) is 0 Å². The first-order valence-electron chi connectivity index (χ1n) is 8.28. The summed E-state index contributed by atoms with van der Waals surface area (Å²) < 4.78 is 11.1. The standard InChI is InChI=1S/C21H20O5/c1-2-9-25-12-17(22)13-26-20-18-6-4-3-5-14(18)10-15-7-8-16(21(23)24)11-19(15)20/h2-8,10-11,17,22H,1,9,12-13H2,(H,23,24). The zero-order valence-electron chi connectivity index (χ0n) is 14.2. The van der Waals surface area contributed by atoms with Crippen LogP contribution in [0, 0.1) is 0 Å². The lowest BCUT2D eigenvalue weighted by atomic mass is 10.00. The lowest BCUT2D eigenvalue weighted by Crippen LogP contribution is -2.23. The molecule has 0 fully saturated rings. The highest BCUT2D eigenvalue weighted by atomic mass is 16.5. The fraction of sp³-hybridized carbons (Fsp3) is 0.190. The molecule has 0 heterocycles. The van der Waals surface area contributed by atoms with E-state index in [1.807, 2.05) is 30.3 Å². The van der Waals surface area contributed by atoms with Gasteiger partial charge in [0, 0.05) is 10.8 Å². The van der Waals surface area contributed by atoms with Crippen molar-refractivity contribution in [3.05, 3.63) is 66.7 Å². The van der Waals surface area contributed by atoms with Gasteiger partial charge in [-0.25, -0.2) is 4.79 Å². The van der Waals surface area contributed by atoms with Gasteiger partial charge in [-0.05, 0) is 29.0 Å². The fourth-order valence-corrected chi connectivity index (χ4v) is 2.82. The van der Waals surface area contributed by atoms with Gasteiger partial charge in [-0.3, -0.25) is 0 Å². The van der Waals surface area contributed by atoms with Gasteiger partial charge in [0.2, 0.25) is 0 Å². The third-order valence-corrected chi connectivity index (χ3v) is 4.03. The topological polar surface area (TPSA) is 76.0 Å². The molecule has 1 atom stereocenters. The molecule has 5 heteroatoms. The van der Waals surface area contributed by atoms with Crippen molar-refractivity contribution < 1.29 is 24.5 Å². The number of carboxylic acid groups (broad SMARTS) is 1. The summed E-state index contributed by atoms with van der Waals surface area (Å²) in [6.07, 6.45) is 0.811. The molecule has 134 valence electrons. The Morgan fingerprint density at radius 2 is 1.85 bits per heavy atom. The zero-order chi connectivity index (χ0) is 18.5. The van der Waals surface area contributed by atoms with E-state index in [1.54, 1.807) is 24.3 Å². The Kier molecular flexibility index (Phi) is 5.51. The molecule has 0 aliphatic carbocycles. The first-order valence-corrected chi connectivity index (χ1v) is 8.28. The zero-order valence-corrected chi connectivity index (χ0v) is 14.2. The van der Waals surface area contributed by atoms with E-state index in [-0.39, 0.29) is 18.8 Å². The maximum absolute atomic E-state index is 11.3. The Morgan fingerprint density at radius 1 is 1.08 bits per heavy atom. The summed E-state index contributed by atoms with van der Waals surface area (Å²) in [6, 6.07) is 14.6. The molecule has 3 rings (SSSR count). The van der Waals surface area contributed by atoms with Crippen LogP contribution in [0.15, 0.2) is 61.2 Å². The summed E-state index contributed by atoms with van der Waals surface area (Å²) in [4.78, 5) is 11.3. The summed E-state index contributed by atoms with van der Waals surface area (Å²) in [6.45, 7) is 4.09. The van der Waals surface area contributed by atoms with Gasteiger partial charge in [0.15, 0.2) is 0 Å². The lowest BCUT2D eigenvalue weighted by Gasteiger charge is -2.16. The van der Waals surface area contributed by atoms with Crippen molar-refractivity contribution in [1.29, 1.82) is 0 Å². The maximum atomic E-state index is 11.3. The van der Waals surface area contributed by atoms with E-state index in [1.165, 1.54) is 0 Å². The number of aromatic carboxylic acids is 1. The number of aliphatic hydroxyl groups is 1. The molecule has 0 amide bonds. The Hall–Kier alpha value is -2.89. The summed E-state index contributed by atoms with van der Waals surface area (Å²) >= 11 is 0. The van der Waals surface area contributed by atoms with Gasteiger partial charge in [-0.2, -0.15) is 0 Å². The van der Waals surface area contributed by atoms with Crippen molar-refractivity contribution in [2.45, 2.75) is 6.10 Å². The third-order valence-electron chi connectivity index (χ3n) is 4.03. The van der Waals surface area contributed by atoms with Crippen molar-refractivity contribution in [1.82, 2.24) is 0 Å². The Bertz CT molecular complexity index is 948. The van der Waals surface area contributed by atoms with Crippen LogP contribution < -0.4 is 4.74 Å². The molecule has 0 bridgehead atoms. The quantitative estimate of drug-likeness (QED) is 0.368. The molecule has 0 saturated carbocycles. The minimum Gasteiger partial charge on any atom is -0.489 e. The van der Waals surface area contributed by atoms with Gasteiger partial charge < -0.3 is 19.7 Å². The summed E-state index contributed by atoms with van der Waals surface area (Å²) in [7, 11) is 0. The average Bonchev–Trinajstić information content (AvgIpc) is 2.64. The second-order valence-corrected chi connectivity index (χ2v) is 5.96. The lowest BCUT2D eigenvalue weighted by molar-refractivity contribution is 0.0220. The Labute approximate surface area is 151 Å². The molecule has 3 aromatic carbocycles. The van der Waals surface area contributed by atoms with Gasteiger partial charge >= 0.3 is 5.97 Å². The van der Waals surface area contributed by atoms with E-state index >= 15 is 0 Å². The minimum atomic E-state index is -0.996. The number of hydrogen-bond acceptors (Lipinski definition) is 4. The van der Waals surface area contributed by atoms with Gasteiger partial charge in [0.1, 0.15) is 18.5 Å². The van der Waals surface area contributed by atoms with E-state index < -0.39 is 12.1 Å². The van der Waals surface area contributed by atoms with Crippen molar-refractivity contribution in [2.75, 3.05) is 19.8 Å². The fourth-order valence-electron chi connectivity index (χ4n) is 2.82. The number of fused-ring (bicyclic) bond motifs is 2. The highest BCUT2D eigenvalue weighted by molar-refractivity contribution is 6.07. The Morgan fingerprint density at radius 3 is 2.62 bits per heavy atom. The smallest absolute Gasteiger partial charge is 0.335 e. The van der Waals surface area contributed by atoms with Gasteiger partial charge in [-0.15, -0.1) is 6.58 Å². The van der Waals surface area contributed by atoms with Crippen LogP contribution in [0.4, 0.5) is 0 Å². The second-order valence-electron chi connectivity index (χ2n) is 5.96. The number of ether oxygens (including phenoxy) is 2. The maximum Gasteiger partial charge on any atom is 0.335 e. The van der Waals surface area contributed by atoms with Crippen LogP contribution in [0.1, 0.15) is 10.4 Å². The van der Waals surface area contributed by atoms with Crippen LogP contribution in [-0.4, -0.2) is 42.1 Å². The summed E-state index contributed by atoms with van der Waals surface area (Å²) in [5.74, 6) is -0.437. The van der Waals surface area contributed by atoms with E-state index in [0.717, 1.165) is 16.2 Å². The van der Waals surface area contributed by atoms with E-state index in [2.05, 4.69) is 6.58 Å². The molecule has 0 aromatic heterocycles. The van der Waals surface area contributed by atoms with Gasteiger partial charge in [0.05, 0.1) is 18.8 Å². The largest absolute Gasteiger partial charge is 0.489 e. The van der Waals surface area contributed by atoms with Crippen LogP contribution in [0.5, 0.6) is 5.75 Å². The van der Waals surface area contributed by atoms with Crippen LogP contribution >= 0.6 is 0 Å². The number of aliphatic hydroxyl groups excluding tert-OH is 1. The van der Waals surface area contributed by atoms with Crippen molar-refractivity contribution >= 4 is 27.5 Å². The average molecular weight is 352 g/mol. The first-order chi connectivity index (χ1) is 12.6. The molecule has 0 radical (unpaired) electrons. The van der Waals surface area contributed by atoms with Crippen LogP contribution in [0.3, 0.4) is 0 Å². The molecule has 3 aromatic rings. The molecular weight excluding hydrogens is 332 g/mol. The summed E-state index contributed by atoms with van der Waals surface area (Å²) in [5, 5.41) is 22.7. The number of carboxylic acids is 1. The van der Waals surface area contributed by atoms with Crippen molar-refractivity contribution in [3.8, 4) is 5.75 Å². The van der Waals surface area contributed by atoms with E-state index in [9.17, 15) is 15.0 Å². The monoisotopic (exact) mass is 352 g/mol. The van der Waals surface area contributed by atoms with E-state index in [4.69, 9.17) is 9.47 Å². The molecule has 2 N–H and O–H groups in total. The highest BCUT2D eigenvalue weighted by Crippen LogP contribution is 2.35. The van der Waals surface area contributed by atoms with E-state index in [0.29, 0.717) is 17.7 Å². The second kappa shape index (κ2) is 7.99. The molecule has 0 aliphatic rings. The first kappa shape index (κ1) is 17.9. The minimum absolute atomic E-state index is 0.0392. The number of benzene rings is 3. The van der Waals surface area contributed by atoms with Crippen LogP contribution in [0.2, 0.25) is 0 Å². The number of hydrogen-bond donors (Lipinski definition) is 2. The molecule has 0 saturated heterocycles. The number of rotatable bonds is 8. The predicted molar refractivity (Wildman–Crippen MR) is 101 cm³/mol. The highest BCUT2D eigenvalue weighted by Gasteiger charge is 2.14. The molecule has 5 nitrogen and oxygen atoms in total. The third kappa shape index (κ3) is 3.85. The Balaban J connectivity index is 1.99. The molecule has 0 aliphatic heterocycles. The predicted octanol–water partition coefficient (Wildman–Crippen LogP) is 3.63. The normalized spacial score (nSPS) is 12.2. The molecule has 0 spiro atoms.